The zero-order valence-electron chi connectivity index (χ0n) is 13.2. The highest BCUT2D eigenvalue weighted by atomic mass is 79.9. The Kier molecular flexibility index (Phi) is 5.87. The maximum atomic E-state index is 11.9. The van der Waals surface area contributed by atoms with Gasteiger partial charge in [-0.25, -0.2) is 4.79 Å². The molecule has 23 heavy (non-hydrogen) atoms. The lowest BCUT2D eigenvalue weighted by molar-refractivity contribution is -0.136. The molecule has 0 unspecified atom stereocenters. The van der Waals surface area contributed by atoms with E-state index in [1.54, 1.807) is 18.2 Å². The van der Waals surface area contributed by atoms with Gasteiger partial charge in [0.1, 0.15) is 11.5 Å². The molecular formula is C18H18Br2O3. The molecule has 0 amide bonds. The van der Waals surface area contributed by atoms with E-state index in [-0.39, 0.29) is 12.0 Å². The van der Waals surface area contributed by atoms with Crippen LogP contribution in [0.1, 0.15) is 26.3 Å². The van der Waals surface area contributed by atoms with Gasteiger partial charge in [0.15, 0.2) is 6.61 Å². The van der Waals surface area contributed by atoms with Crippen molar-refractivity contribution in [3.05, 3.63) is 57.0 Å². The van der Waals surface area contributed by atoms with Crippen molar-refractivity contribution in [2.75, 3.05) is 6.61 Å². The predicted octanol–water partition coefficient (Wildman–Crippen LogP) is 5.49. The van der Waals surface area contributed by atoms with E-state index in [9.17, 15) is 4.79 Å². The lowest BCUT2D eigenvalue weighted by Gasteiger charge is -2.20. The second-order valence-corrected chi connectivity index (χ2v) is 7.88. The molecule has 122 valence electrons. The van der Waals surface area contributed by atoms with E-state index >= 15 is 0 Å². The molecule has 2 rings (SSSR count). The van der Waals surface area contributed by atoms with Crippen molar-refractivity contribution in [1.29, 1.82) is 0 Å². The van der Waals surface area contributed by atoms with Gasteiger partial charge in [-0.1, -0.05) is 42.8 Å². The molecule has 0 heterocycles. The van der Waals surface area contributed by atoms with E-state index in [2.05, 4.69) is 52.6 Å². The number of ether oxygens (including phenoxy) is 2. The molecule has 0 saturated carbocycles. The monoisotopic (exact) mass is 440 g/mol. The Balaban J connectivity index is 1.96. The van der Waals surface area contributed by atoms with E-state index in [4.69, 9.17) is 9.47 Å². The first-order valence-electron chi connectivity index (χ1n) is 7.15. The molecule has 0 aliphatic rings. The molecule has 0 aromatic heterocycles. The minimum Gasteiger partial charge on any atom is -0.482 e. The van der Waals surface area contributed by atoms with Crippen LogP contribution in [0, 0.1) is 0 Å². The quantitative estimate of drug-likeness (QED) is 0.464. The Morgan fingerprint density at radius 1 is 1.04 bits per heavy atom. The smallest absolute Gasteiger partial charge is 0.349 e. The summed E-state index contributed by atoms with van der Waals surface area (Å²) in [5.74, 6) is 0.659. The van der Waals surface area contributed by atoms with Gasteiger partial charge in [-0.3, -0.25) is 0 Å². The molecule has 0 radical (unpaired) electrons. The third-order valence-corrected chi connectivity index (χ3v) is 4.34. The summed E-state index contributed by atoms with van der Waals surface area (Å²) in [7, 11) is 0. The number of benzene rings is 2. The van der Waals surface area contributed by atoms with Gasteiger partial charge in [0.25, 0.3) is 0 Å². The van der Waals surface area contributed by atoms with E-state index in [0.717, 1.165) is 14.5 Å². The van der Waals surface area contributed by atoms with Crippen LogP contribution in [0.15, 0.2) is 51.4 Å². The number of halogens is 2. The summed E-state index contributed by atoms with van der Waals surface area (Å²) in [4.78, 5) is 11.9. The average Bonchev–Trinajstić information content (AvgIpc) is 2.48. The molecule has 0 fully saturated rings. The summed E-state index contributed by atoms with van der Waals surface area (Å²) in [5, 5.41) is 0. The summed E-state index contributed by atoms with van der Waals surface area (Å²) in [6, 6.07) is 13.0. The van der Waals surface area contributed by atoms with Gasteiger partial charge in [0, 0.05) is 4.47 Å². The molecule has 0 bridgehead atoms. The molecule has 3 nitrogen and oxygen atoms in total. The Morgan fingerprint density at radius 2 is 1.70 bits per heavy atom. The largest absolute Gasteiger partial charge is 0.482 e. The summed E-state index contributed by atoms with van der Waals surface area (Å²) in [6.45, 7) is 6.25. The van der Waals surface area contributed by atoms with Gasteiger partial charge in [-0.05, 0) is 63.3 Å². The van der Waals surface area contributed by atoms with Gasteiger partial charge in [0.05, 0.1) is 4.47 Å². The summed E-state index contributed by atoms with van der Waals surface area (Å²) < 4.78 is 12.4. The third kappa shape index (κ3) is 5.36. The van der Waals surface area contributed by atoms with Crippen LogP contribution in [0.5, 0.6) is 11.5 Å². The van der Waals surface area contributed by atoms with Gasteiger partial charge < -0.3 is 9.47 Å². The highest BCUT2D eigenvalue weighted by molar-refractivity contribution is 9.10. The Morgan fingerprint density at radius 3 is 2.26 bits per heavy atom. The first-order chi connectivity index (χ1) is 10.8. The fourth-order valence-corrected chi connectivity index (χ4v) is 2.60. The van der Waals surface area contributed by atoms with Crippen LogP contribution < -0.4 is 9.47 Å². The van der Waals surface area contributed by atoms with Gasteiger partial charge in [-0.2, -0.15) is 0 Å². The standard InChI is InChI=1S/C18H18Br2O3/c1-18(2,3)12-4-9-16(15(20)10-12)23-17(21)11-22-14-7-5-13(19)6-8-14/h4-10H,11H2,1-3H3. The maximum absolute atomic E-state index is 11.9. The summed E-state index contributed by atoms with van der Waals surface area (Å²) in [5.41, 5.74) is 1.20. The van der Waals surface area contributed by atoms with Gasteiger partial charge in [0.2, 0.25) is 0 Å². The van der Waals surface area contributed by atoms with Crippen molar-refractivity contribution in [3.8, 4) is 11.5 Å². The number of esters is 1. The summed E-state index contributed by atoms with van der Waals surface area (Å²) >= 11 is 6.79. The number of hydrogen-bond acceptors (Lipinski definition) is 3. The Bertz CT molecular complexity index is 688. The minimum absolute atomic E-state index is 0.0375. The Hall–Kier alpha value is -1.33. The molecule has 0 atom stereocenters. The number of rotatable bonds is 4. The van der Waals surface area contributed by atoms with Crippen LogP contribution in [0.2, 0.25) is 0 Å². The molecule has 0 aliphatic carbocycles. The van der Waals surface area contributed by atoms with E-state index in [0.29, 0.717) is 11.5 Å². The first kappa shape index (κ1) is 18.0. The molecule has 5 heteroatoms. The van der Waals surface area contributed by atoms with Crippen LogP contribution in [0.4, 0.5) is 0 Å². The van der Waals surface area contributed by atoms with E-state index in [1.807, 2.05) is 24.3 Å². The van der Waals surface area contributed by atoms with Crippen LogP contribution in [-0.4, -0.2) is 12.6 Å². The van der Waals surface area contributed by atoms with Crippen LogP contribution in [0.3, 0.4) is 0 Å². The zero-order valence-corrected chi connectivity index (χ0v) is 16.4. The zero-order chi connectivity index (χ0) is 17.0. The fourth-order valence-electron chi connectivity index (χ4n) is 1.88. The van der Waals surface area contributed by atoms with Crippen molar-refractivity contribution in [2.24, 2.45) is 0 Å². The third-order valence-electron chi connectivity index (χ3n) is 3.19. The molecule has 2 aromatic rings. The van der Waals surface area contributed by atoms with Gasteiger partial charge >= 0.3 is 5.97 Å². The molecule has 0 spiro atoms. The van der Waals surface area contributed by atoms with Crippen molar-refractivity contribution < 1.29 is 14.3 Å². The minimum atomic E-state index is -0.447. The highest BCUT2D eigenvalue weighted by Gasteiger charge is 2.16. The molecule has 0 aliphatic heterocycles. The number of carbonyl (C=O) groups is 1. The summed E-state index contributed by atoms with van der Waals surface area (Å²) in [6.07, 6.45) is 0. The van der Waals surface area contributed by atoms with Crippen molar-refractivity contribution >= 4 is 37.8 Å². The number of carbonyl (C=O) groups excluding carboxylic acids is 1. The second-order valence-electron chi connectivity index (χ2n) is 6.11. The van der Waals surface area contributed by atoms with Crippen molar-refractivity contribution in [2.45, 2.75) is 26.2 Å². The second kappa shape index (κ2) is 7.49. The van der Waals surface area contributed by atoms with Crippen molar-refractivity contribution in [3.63, 3.8) is 0 Å². The lowest BCUT2D eigenvalue weighted by atomic mass is 9.87. The molecule has 0 N–H and O–H groups in total. The molecule has 2 aromatic carbocycles. The van der Waals surface area contributed by atoms with E-state index in [1.165, 1.54) is 0 Å². The van der Waals surface area contributed by atoms with Crippen LogP contribution in [-0.2, 0) is 10.2 Å². The van der Waals surface area contributed by atoms with Crippen LogP contribution in [0.25, 0.3) is 0 Å². The molecular weight excluding hydrogens is 424 g/mol. The predicted molar refractivity (Wildman–Crippen MR) is 98.1 cm³/mol. The SMILES string of the molecule is CC(C)(C)c1ccc(OC(=O)COc2ccc(Br)cc2)c(Br)c1. The van der Waals surface area contributed by atoms with Gasteiger partial charge in [-0.15, -0.1) is 0 Å². The highest BCUT2D eigenvalue weighted by Crippen LogP contribution is 2.31. The lowest BCUT2D eigenvalue weighted by Crippen LogP contribution is -2.18. The molecule has 0 saturated heterocycles. The Labute approximate surface area is 153 Å². The maximum Gasteiger partial charge on any atom is 0.349 e. The number of hydrogen-bond donors (Lipinski definition) is 0. The average molecular weight is 442 g/mol. The van der Waals surface area contributed by atoms with Crippen LogP contribution >= 0.6 is 31.9 Å². The normalized spacial score (nSPS) is 11.2. The van der Waals surface area contributed by atoms with Crippen molar-refractivity contribution in [1.82, 2.24) is 0 Å². The first-order valence-corrected chi connectivity index (χ1v) is 8.73. The topological polar surface area (TPSA) is 35.5 Å². The fraction of sp³-hybridized carbons (Fsp3) is 0.278. The van der Waals surface area contributed by atoms with E-state index < -0.39 is 5.97 Å².